The number of anilines is 1. The van der Waals surface area contributed by atoms with Crippen molar-refractivity contribution in [2.45, 2.75) is 59.3 Å². The summed E-state index contributed by atoms with van der Waals surface area (Å²) < 4.78 is 2.09. The Balaban J connectivity index is 1.87. The molecular weight excluding hydrogens is 488 g/mol. The molecule has 0 saturated carbocycles. The number of urea groups is 1. The van der Waals surface area contributed by atoms with Gasteiger partial charge < -0.3 is 10.4 Å². The molecule has 2 N–H and O–H groups in total. The highest BCUT2D eigenvalue weighted by atomic mass is 16.4. The quantitative estimate of drug-likeness (QED) is 0.200. The van der Waals surface area contributed by atoms with Crippen LogP contribution in [0.4, 0.5) is 10.5 Å². The standard InChI is InChI=1S/C32H38N4O3/c1-5-7-12-20-35(32(39)33-4)24-16-18-28-26(21-24)34-29(15-8-6-2)36(28)27-19-17-25(23-13-10-9-11-14-23)30(22(27)3)31(37)38/h9-11,13-14,16-19,21H,5-8,12,15,20H2,1-4H3,(H,33,39)(H,37,38). The fraction of sp³-hybridized carbons (Fsp3) is 0.344. The van der Waals surface area contributed by atoms with Crippen molar-refractivity contribution in [3.8, 4) is 16.8 Å². The molecule has 0 aliphatic carbocycles. The number of aromatic nitrogens is 2. The number of nitrogens with one attached hydrogen (secondary N) is 1. The van der Waals surface area contributed by atoms with Crippen LogP contribution in [0.5, 0.6) is 0 Å². The Morgan fingerprint density at radius 1 is 0.974 bits per heavy atom. The molecular formula is C32H38N4O3. The highest BCUT2D eigenvalue weighted by Gasteiger charge is 2.22. The molecule has 204 valence electrons. The van der Waals surface area contributed by atoms with Crippen LogP contribution in [0, 0.1) is 6.92 Å². The van der Waals surface area contributed by atoms with Gasteiger partial charge in [-0.3, -0.25) is 9.47 Å². The predicted octanol–water partition coefficient (Wildman–Crippen LogP) is 7.38. The molecule has 0 fully saturated rings. The first kappa shape index (κ1) is 27.9. The number of rotatable bonds is 11. The van der Waals surface area contributed by atoms with Crippen molar-refractivity contribution in [2.75, 3.05) is 18.5 Å². The molecule has 0 aliphatic heterocycles. The smallest absolute Gasteiger partial charge is 0.336 e. The summed E-state index contributed by atoms with van der Waals surface area (Å²) in [7, 11) is 1.65. The lowest BCUT2D eigenvalue weighted by molar-refractivity contribution is 0.0697. The van der Waals surface area contributed by atoms with E-state index >= 15 is 0 Å². The molecule has 0 spiro atoms. The second-order valence-electron chi connectivity index (χ2n) is 9.86. The Morgan fingerprint density at radius 2 is 1.72 bits per heavy atom. The van der Waals surface area contributed by atoms with E-state index in [2.05, 4.69) is 23.7 Å². The van der Waals surface area contributed by atoms with Gasteiger partial charge in [0.1, 0.15) is 5.82 Å². The Morgan fingerprint density at radius 3 is 2.38 bits per heavy atom. The summed E-state index contributed by atoms with van der Waals surface area (Å²) in [6, 6.07) is 19.3. The molecule has 1 aromatic heterocycles. The lowest BCUT2D eigenvalue weighted by Gasteiger charge is -2.22. The maximum Gasteiger partial charge on any atom is 0.336 e. The van der Waals surface area contributed by atoms with Crippen molar-refractivity contribution in [3.63, 3.8) is 0 Å². The predicted molar refractivity (Wildman–Crippen MR) is 158 cm³/mol. The Hall–Kier alpha value is -4.13. The number of hydrogen-bond donors (Lipinski definition) is 2. The van der Waals surface area contributed by atoms with E-state index in [0.29, 0.717) is 23.2 Å². The number of nitrogens with zero attached hydrogens (tertiary/aromatic N) is 3. The van der Waals surface area contributed by atoms with Gasteiger partial charge >= 0.3 is 12.0 Å². The number of aryl methyl sites for hydroxylation is 1. The number of unbranched alkanes of at least 4 members (excludes halogenated alkanes) is 3. The van der Waals surface area contributed by atoms with Crippen molar-refractivity contribution in [1.82, 2.24) is 14.9 Å². The highest BCUT2D eigenvalue weighted by molar-refractivity contribution is 5.99. The number of carboxylic acid groups (broad SMARTS) is 1. The van der Waals surface area contributed by atoms with Gasteiger partial charge in [-0.2, -0.15) is 0 Å². The Kier molecular flexibility index (Phi) is 9.02. The molecule has 39 heavy (non-hydrogen) atoms. The largest absolute Gasteiger partial charge is 0.478 e. The number of carbonyl (C=O) groups excluding carboxylic acids is 1. The summed E-state index contributed by atoms with van der Waals surface area (Å²) >= 11 is 0. The molecule has 4 rings (SSSR count). The SMILES string of the molecule is CCCCCN(C(=O)NC)c1ccc2c(c1)nc(CCCC)n2-c1ccc(-c2ccccc2)c(C(=O)O)c1C. The average Bonchev–Trinajstić information content (AvgIpc) is 3.31. The van der Waals surface area contributed by atoms with Crippen molar-refractivity contribution in [1.29, 1.82) is 0 Å². The molecule has 0 unspecified atom stereocenters. The highest BCUT2D eigenvalue weighted by Crippen LogP contribution is 2.34. The fourth-order valence-corrected chi connectivity index (χ4v) is 5.14. The number of fused-ring (bicyclic) bond motifs is 1. The van der Waals surface area contributed by atoms with Gasteiger partial charge in [0.05, 0.1) is 22.3 Å². The number of benzene rings is 3. The first-order valence-corrected chi connectivity index (χ1v) is 13.8. The van der Waals surface area contributed by atoms with Crippen LogP contribution < -0.4 is 10.2 Å². The average molecular weight is 527 g/mol. The van der Waals surface area contributed by atoms with E-state index < -0.39 is 5.97 Å². The van der Waals surface area contributed by atoms with E-state index in [4.69, 9.17) is 4.98 Å². The molecule has 7 heteroatoms. The lowest BCUT2D eigenvalue weighted by Crippen LogP contribution is -2.38. The van der Waals surface area contributed by atoms with E-state index in [-0.39, 0.29) is 6.03 Å². The van der Waals surface area contributed by atoms with Gasteiger partial charge in [0.15, 0.2) is 0 Å². The summed E-state index contributed by atoms with van der Waals surface area (Å²) in [5.41, 5.74) is 5.82. The Labute approximate surface area is 230 Å². The lowest BCUT2D eigenvalue weighted by atomic mass is 9.94. The summed E-state index contributed by atoms with van der Waals surface area (Å²) in [5.74, 6) is -0.0725. The van der Waals surface area contributed by atoms with Gasteiger partial charge in [-0.1, -0.05) is 69.5 Å². The van der Waals surface area contributed by atoms with Crippen LogP contribution in [-0.2, 0) is 6.42 Å². The van der Waals surface area contributed by atoms with Gasteiger partial charge in [-0.25, -0.2) is 14.6 Å². The first-order valence-electron chi connectivity index (χ1n) is 13.8. The third-order valence-electron chi connectivity index (χ3n) is 7.19. The normalized spacial score (nSPS) is 11.1. The summed E-state index contributed by atoms with van der Waals surface area (Å²) in [4.78, 5) is 32.0. The molecule has 2 amide bonds. The summed E-state index contributed by atoms with van der Waals surface area (Å²) in [6.07, 6.45) is 5.79. The Bertz CT molecular complexity index is 1460. The van der Waals surface area contributed by atoms with Crippen LogP contribution >= 0.6 is 0 Å². The monoisotopic (exact) mass is 526 g/mol. The molecule has 0 atom stereocenters. The van der Waals surface area contributed by atoms with E-state index in [0.717, 1.165) is 72.3 Å². The van der Waals surface area contributed by atoms with Crippen LogP contribution in [0.2, 0.25) is 0 Å². The minimum absolute atomic E-state index is 0.144. The van der Waals surface area contributed by atoms with Gasteiger partial charge in [-0.05, 0) is 60.7 Å². The molecule has 0 aliphatic rings. The maximum atomic E-state index is 12.7. The zero-order valence-electron chi connectivity index (χ0n) is 23.3. The fourth-order valence-electron chi connectivity index (χ4n) is 5.14. The minimum atomic E-state index is -0.955. The van der Waals surface area contributed by atoms with E-state index in [9.17, 15) is 14.7 Å². The van der Waals surface area contributed by atoms with Crippen LogP contribution in [0.25, 0.3) is 27.8 Å². The molecule has 4 aromatic rings. The van der Waals surface area contributed by atoms with Gasteiger partial charge in [-0.15, -0.1) is 0 Å². The number of amides is 2. The summed E-state index contributed by atoms with van der Waals surface area (Å²) in [6.45, 7) is 6.79. The van der Waals surface area contributed by atoms with Crippen LogP contribution in [0.3, 0.4) is 0 Å². The second kappa shape index (κ2) is 12.6. The number of aromatic carboxylic acids is 1. The minimum Gasteiger partial charge on any atom is -0.478 e. The van der Waals surface area contributed by atoms with Crippen molar-refractivity contribution in [2.24, 2.45) is 0 Å². The van der Waals surface area contributed by atoms with Gasteiger partial charge in [0.25, 0.3) is 0 Å². The topological polar surface area (TPSA) is 87.5 Å². The van der Waals surface area contributed by atoms with Crippen LogP contribution in [0.1, 0.15) is 67.7 Å². The molecule has 3 aromatic carbocycles. The van der Waals surface area contributed by atoms with E-state index in [1.54, 1.807) is 11.9 Å². The molecule has 1 heterocycles. The number of hydrogen-bond acceptors (Lipinski definition) is 3. The molecule has 0 radical (unpaired) electrons. The number of carboxylic acids is 1. The molecule has 7 nitrogen and oxygen atoms in total. The number of carbonyl (C=O) groups is 2. The van der Waals surface area contributed by atoms with Gasteiger partial charge in [0, 0.05) is 25.7 Å². The maximum absolute atomic E-state index is 12.7. The van der Waals surface area contributed by atoms with E-state index in [1.807, 2.05) is 67.6 Å². The summed E-state index contributed by atoms with van der Waals surface area (Å²) in [5, 5.41) is 13.0. The second-order valence-corrected chi connectivity index (χ2v) is 9.86. The zero-order chi connectivity index (χ0) is 27.9. The third kappa shape index (κ3) is 5.82. The number of imidazole rings is 1. The van der Waals surface area contributed by atoms with Crippen molar-refractivity contribution >= 4 is 28.7 Å². The van der Waals surface area contributed by atoms with Crippen molar-refractivity contribution < 1.29 is 14.7 Å². The molecule has 0 bridgehead atoms. The third-order valence-corrected chi connectivity index (χ3v) is 7.19. The first-order chi connectivity index (χ1) is 18.9. The zero-order valence-corrected chi connectivity index (χ0v) is 23.3. The van der Waals surface area contributed by atoms with Gasteiger partial charge in [0.2, 0.25) is 0 Å². The molecule has 0 saturated heterocycles. The van der Waals surface area contributed by atoms with Crippen LogP contribution in [-0.4, -0.2) is 40.3 Å². The van der Waals surface area contributed by atoms with E-state index in [1.165, 1.54) is 0 Å². The van der Waals surface area contributed by atoms with Crippen LogP contribution in [0.15, 0.2) is 60.7 Å². The van der Waals surface area contributed by atoms with Crippen molar-refractivity contribution in [3.05, 3.63) is 77.6 Å².